The highest BCUT2D eigenvalue weighted by Crippen LogP contribution is 2.21. The first-order valence-corrected chi connectivity index (χ1v) is 7.36. The van der Waals surface area contributed by atoms with Gasteiger partial charge in [0.25, 0.3) is 0 Å². The zero-order chi connectivity index (χ0) is 13.5. The Morgan fingerprint density at radius 3 is 2.53 bits per heavy atom. The van der Waals surface area contributed by atoms with Crippen LogP contribution in [-0.4, -0.2) is 28.2 Å². The molecule has 0 aliphatic heterocycles. The molecule has 5 heteroatoms. The van der Waals surface area contributed by atoms with Gasteiger partial charge in [-0.2, -0.15) is 0 Å². The fraction of sp³-hybridized carbons (Fsp3) is 0.286. The summed E-state index contributed by atoms with van der Waals surface area (Å²) >= 11 is 1.56. The van der Waals surface area contributed by atoms with Crippen molar-refractivity contribution in [1.29, 1.82) is 0 Å². The number of aromatic nitrogens is 2. The Bertz CT molecular complexity index is 490. The van der Waals surface area contributed by atoms with E-state index < -0.39 is 0 Å². The van der Waals surface area contributed by atoms with Crippen LogP contribution in [-0.2, 0) is 0 Å². The zero-order valence-electron chi connectivity index (χ0n) is 10.8. The molecule has 4 nitrogen and oxygen atoms in total. The Balaban J connectivity index is 2.11. The van der Waals surface area contributed by atoms with E-state index in [1.165, 1.54) is 0 Å². The van der Waals surface area contributed by atoms with Crippen LogP contribution >= 0.6 is 11.8 Å². The van der Waals surface area contributed by atoms with Crippen LogP contribution in [0.1, 0.15) is 18.0 Å². The Morgan fingerprint density at radius 2 is 1.95 bits per heavy atom. The Kier molecular flexibility index (Phi) is 5.18. The molecule has 100 valence electrons. The van der Waals surface area contributed by atoms with Gasteiger partial charge in [0, 0.05) is 6.61 Å². The predicted octanol–water partition coefficient (Wildman–Crippen LogP) is 2.73. The first kappa shape index (κ1) is 13.8. The lowest BCUT2D eigenvalue weighted by Crippen LogP contribution is -2.13. The van der Waals surface area contributed by atoms with E-state index in [2.05, 4.69) is 15.5 Å². The molecule has 0 bridgehead atoms. The summed E-state index contributed by atoms with van der Waals surface area (Å²) in [7, 11) is 0. The summed E-state index contributed by atoms with van der Waals surface area (Å²) in [4.78, 5) is 0. The van der Waals surface area contributed by atoms with Gasteiger partial charge in [-0.25, -0.2) is 0 Å². The summed E-state index contributed by atoms with van der Waals surface area (Å²) in [6.45, 7) is 0.128. The molecule has 2 rings (SSSR count). The van der Waals surface area contributed by atoms with Gasteiger partial charge in [0.1, 0.15) is 10.8 Å². The predicted molar refractivity (Wildman–Crippen MR) is 78.3 cm³/mol. The summed E-state index contributed by atoms with van der Waals surface area (Å²) < 4.78 is 0. The van der Waals surface area contributed by atoms with Crippen LogP contribution in [0.2, 0.25) is 0 Å². The Morgan fingerprint density at radius 1 is 1.16 bits per heavy atom. The van der Waals surface area contributed by atoms with E-state index in [1.54, 1.807) is 11.8 Å². The monoisotopic (exact) mass is 275 g/mol. The molecule has 1 aromatic heterocycles. The van der Waals surface area contributed by atoms with Gasteiger partial charge in [-0.1, -0.05) is 30.3 Å². The minimum absolute atomic E-state index is 0.0422. The van der Waals surface area contributed by atoms with Crippen LogP contribution in [0.3, 0.4) is 0 Å². The molecule has 0 aliphatic rings. The van der Waals surface area contributed by atoms with Gasteiger partial charge >= 0.3 is 0 Å². The van der Waals surface area contributed by atoms with E-state index in [0.29, 0.717) is 6.42 Å². The lowest BCUT2D eigenvalue weighted by atomic mass is 10.0. The number of rotatable bonds is 6. The molecule has 0 radical (unpaired) electrons. The first-order valence-electron chi connectivity index (χ1n) is 6.13. The van der Waals surface area contributed by atoms with Gasteiger partial charge in [-0.05, 0) is 30.4 Å². The zero-order valence-corrected chi connectivity index (χ0v) is 11.6. The molecule has 1 heterocycles. The second-order valence-corrected chi connectivity index (χ2v) is 4.91. The molecule has 0 saturated carbocycles. The van der Waals surface area contributed by atoms with Gasteiger partial charge < -0.3 is 10.4 Å². The first-order chi connectivity index (χ1) is 9.33. The highest BCUT2D eigenvalue weighted by molar-refractivity contribution is 7.98. The maximum Gasteiger partial charge on any atom is 0.149 e. The van der Waals surface area contributed by atoms with Crippen molar-refractivity contribution in [2.45, 2.75) is 17.5 Å². The molecule has 2 N–H and O–H groups in total. The Labute approximate surface area is 117 Å². The fourth-order valence-electron chi connectivity index (χ4n) is 1.82. The second kappa shape index (κ2) is 7.11. The van der Waals surface area contributed by atoms with E-state index in [-0.39, 0.29) is 12.6 Å². The minimum atomic E-state index is 0.0422. The van der Waals surface area contributed by atoms with Crippen LogP contribution in [0.4, 0.5) is 5.82 Å². The van der Waals surface area contributed by atoms with Gasteiger partial charge in [-0.15, -0.1) is 22.0 Å². The van der Waals surface area contributed by atoms with Crippen molar-refractivity contribution in [1.82, 2.24) is 10.2 Å². The van der Waals surface area contributed by atoms with E-state index in [1.807, 2.05) is 48.7 Å². The standard InChI is InChI=1S/C14H17N3OS/c1-19-14-8-7-13(16-17-14)15-12(9-10-18)11-5-3-2-4-6-11/h2-8,12,18H,9-10H2,1H3,(H,15,16)/t12-/m0/s1. The van der Waals surface area contributed by atoms with Gasteiger partial charge in [0.2, 0.25) is 0 Å². The molecule has 0 spiro atoms. The number of aliphatic hydroxyl groups excluding tert-OH is 1. The summed E-state index contributed by atoms with van der Waals surface area (Å²) in [5, 5.41) is 21.6. The number of thioether (sulfide) groups is 1. The highest BCUT2D eigenvalue weighted by Gasteiger charge is 2.11. The molecule has 1 atom stereocenters. The maximum atomic E-state index is 9.18. The number of hydrogen-bond donors (Lipinski definition) is 2. The van der Waals surface area contributed by atoms with E-state index >= 15 is 0 Å². The van der Waals surface area contributed by atoms with Crippen molar-refractivity contribution >= 4 is 17.6 Å². The highest BCUT2D eigenvalue weighted by atomic mass is 32.2. The number of nitrogens with one attached hydrogen (secondary N) is 1. The quantitative estimate of drug-likeness (QED) is 0.794. The SMILES string of the molecule is CSc1ccc(N[C@@H](CCO)c2ccccc2)nn1. The van der Waals surface area contributed by atoms with Gasteiger partial charge in [0.15, 0.2) is 0 Å². The molecular formula is C14H17N3OS. The molecule has 1 aromatic carbocycles. The van der Waals surface area contributed by atoms with Crippen LogP contribution < -0.4 is 5.32 Å². The lowest BCUT2D eigenvalue weighted by Gasteiger charge is -2.18. The van der Waals surface area contributed by atoms with E-state index in [0.717, 1.165) is 16.4 Å². The molecular weight excluding hydrogens is 258 g/mol. The van der Waals surface area contributed by atoms with Gasteiger partial charge in [-0.3, -0.25) is 0 Å². The van der Waals surface area contributed by atoms with Gasteiger partial charge in [0.05, 0.1) is 6.04 Å². The molecule has 0 unspecified atom stereocenters. The topological polar surface area (TPSA) is 58.0 Å². The average Bonchev–Trinajstić information content (AvgIpc) is 2.48. The summed E-state index contributed by atoms with van der Waals surface area (Å²) in [5.41, 5.74) is 1.13. The summed E-state index contributed by atoms with van der Waals surface area (Å²) in [6.07, 6.45) is 2.60. The molecule has 2 aromatic rings. The maximum absolute atomic E-state index is 9.18. The molecule has 0 fully saturated rings. The van der Waals surface area contributed by atoms with Crippen molar-refractivity contribution < 1.29 is 5.11 Å². The van der Waals surface area contributed by atoms with E-state index in [4.69, 9.17) is 0 Å². The van der Waals surface area contributed by atoms with Crippen LogP contribution in [0.5, 0.6) is 0 Å². The average molecular weight is 275 g/mol. The number of hydrogen-bond acceptors (Lipinski definition) is 5. The molecule has 19 heavy (non-hydrogen) atoms. The van der Waals surface area contributed by atoms with Crippen molar-refractivity contribution in [3.63, 3.8) is 0 Å². The van der Waals surface area contributed by atoms with E-state index in [9.17, 15) is 5.11 Å². The normalized spacial score (nSPS) is 12.1. The van der Waals surface area contributed by atoms with Crippen molar-refractivity contribution in [3.8, 4) is 0 Å². The number of nitrogens with zero attached hydrogens (tertiary/aromatic N) is 2. The number of aliphatic hydroxyl groups is 1. The summed E-state index contributed by atoms with van der Waals surface area (Å²) in [6, 6.07) is 13.9. The number of anilines is 1. The second-order valence-electron chi connectivity index (χ2n) is 4.08. The minimum Gasteiger partial charge on any atom is -0.396 e. The largest absolute Gasteiger partial charge is 0.396 e. The van der Waals surface area contributed by atoms with Crippen LogP contribution in [0, 0.1) is 0 Å². The molecule has 0 saturated heterocycles. The molecule has 0 amide bonds. The third kappa shape index (κ3) is 3.94. The third-order valence-electron chi connectivity index (χ3n) is 2.79. The summed E-state index contributed by atoms with van der Waals surface area (Å²) in [5.74, 6) is 0.722. The van der Waals surface area contributed by atoms with Crippen LogP contribution in [0.15, 0.2) is 47.5 Å². The smallest absolute Gasteiger partial charge is 0.149 e. The Hall–Kier alpha value is -1.59. The third-order valence-corrected chi connectivity index (χ3v) is 3.43. The fourth-order valence-corrected chi connectivity index (χ4v) is 2.15. The lowest BCUT2D eigenvalue weighted by molar-refractivity contribution is 0.280. The van der Waals surface area contributed by atoms with Crippen LogP contribution in [0.25, 0.3) is 0 Å². The molecule has 0 aliphatic carbocycles. The van der Waals surface area contributed by atoms with Crippen molar-refractivity contribution in [2.75, 3.05) is 18.2 Å². The van der Waals surface area contributed by atoms with Crippen molar-refractivity contribution in [2.24, 2.45) is 0 Å². The number of benzene rings is 1. The van der Waals surface area contributed by atoms with Crippen molar-refractivity contribution in [3.05, 3.63) is 48.0 Å².